The summed E-state index contributed by atoms with van der Waals surface area (Å²) >= 11 is 1.27. The van der Waals surface area contributed by atoms with Crippen LogP contribution in [0, 0.1) is 0 Å². The zero-order valence-corrected chi connectivity index (χ0v) is 19.3. The zero-order valence-electron chi connectivity index (χ0n) is 18.5. The first-order valence-corrected chi connectivity index (χ1v) is 11.7. The Morgan fingerprint density at radius 3 is 2.61 bits per heavy atom. The highest BCUT2D eigenvalue weighted by Crippen LogP contribution is 2.34. The second-order valence-corrected chi connectivity index (χ2v) is 8.82. The molecule has 0 saturated carbocycles. The molecule has 2 aromatic carbocycles. The summed E-state index contributed by atoms with van der Waals surface area (Å²) in [5, 5.41) is 14.9. The lowest BCUT2D eigenvalue weighted by atomic mass is 10.1. The minimum atomic E-state index is -0.342. The summed E-state index contributed by atoms with van der Waals surface area (Å²) in [6.45, 7) is 4.39. The van der Waals surface area contributed by atoms with Crippen LogP contribution in [0.15, 0.2) is 48.5 Å². The van der Waals surface area contributed by atoms with Crippen LogP contribution in [0.5, 0.6) is 0 Å². The van der Waals surface area contributed by atoms with Crippen molar-refractivity contribution >= 4 is 45.6 Å². The van der Waals surface area contributed by atoms with E-state index in [4.69, 9.17) is 0 Å². The maximum Gasteiger partial charge on any atom is 0.257 e. The van der Waals surface area contributed by atoms with Gasteiger partial charge in [-0.25, -0.2) is 0 Å². The molecular formula is C24H25N5O3S. The van der Waals surface area contributed by atoms with Crippen molar-refractivity contribution in [3.05, 3.63) is 64.7 Å². The molecule has 33 heavy (non-hydrogen) atoms. The van der Waals surface area contributed by atoms with E-state index >= 15 is 0 Å². The Morgan fingerprint density at radius 2 is 1.88 bits per heavy atom. The molecule has 0 spiro atoms. The standard InChI is InChI=1S/C24H25N5O3S/c1-3-15-8-10-19(11-9-15)29-14-17(13-21(29)31)23-27-28-24(33-23)26-22(32)16-6-5-7-18(12-16)25-20(30)4-2/h5-12,17H,3-4,13-14H2,1-2H3,(H,25,30)(H,26,28,32)/t17-/m0/s1. The van der Waals surface area contributed by atoms with Crippen LogP contribution in [0.3, 0.4) is 0 Å². The highest BCUT2D eigenvalue weighted by molar-refractivity contribution is 7.15. The van der Waals surface area contributed by atoms with Crippen molar-refractivity contribution in [2.75, 3.05) is 22.1 Å². The Balaban J connectivity index is 1.41. The van der Waals surface area contributed by atoms with E-state index in [-0.39, 0.29) is 23.6 Å². The lowest BCUT2D eigenvalue weighted by Crippen LogP contribution is -2.24. The second-order valence-electron chi connectivity index (χ2n) is 7.81. The molecule has 1 saturated heterocycles. The molecule has 2 N–H and O–H groups in total. The van der Waals surface area contributed by atoms with E-state index in [1.165, 1.54) is 16.9 Å². The van der Waals surface area contributed by atoms with Gasteiger partial charge in [0.05, 0.1) is 0 Å². The van der Waals surface area contributed by atoms with Crippen molar-refractivity contribution in [3.8, 4) is 0 Å². The molecule has 4 rings (SSSR count). The molecule has 3 amide bonds. The van der Waals surface area contributed by atoms with Gasteiger partial charge in [-0.05, 0) is 42.3 Å². The minimum absolute atomic E-state index is 0.0518. The maximum atomic E-state index is 12.6. The van der Waals surface area contributed by atoms with Crippen molar-refractivity contribution < 1.29 is 14.4 Å². The quantitative estimate of drug-likeness (QED) is 0.546. The largest absolute Gasteiger partial charge is 0.326 e. The molecule has 3 aromatic rings. The van der Waals surface area contributed by atoms with E-state index in [1.807, 2.05) is 24.3 Å². The van der Waals surface area contributed by atoms with E-state index in [0.717, 1.165) is 17.1 Å². The van der Waals surface area contributed by atoms with Gasteiger partial charge in [-0.3, -0.25) is 19.7 Å². The molecule has 1 aliphatic heterocycles. The number of benzene rings is 2. The van der Waals surface area contributed by atoms with E-state index < -0.39 is 0 Å². The number of anilines is 3. The van der Waals surface area contributed by atoms with Crippen molar-refractivity contribution in [1.29, 1.82) is 0 Å². The van der Waals surface area contributed by atoms with Gasteiger partial charge in [0.15, 0.2) is 0 Å². The molecule has 1 aromatic heterocycles. The summed E-state index contributed by atoms with van der Waals surface area (Å²) < 4.78 is 0. The van der Waals surface area contributed by atoms with Crippen LogP contribution >= 0.6 is 11.3 Å². The van der Waals surface area contributed by atoms with Crippen LogP contribution in [0.1, 0.15) is 53.5 Å². The van der Waals surface area contributed by atoms with Gasteiger partial charge in [0.1, 0.15) is 5.01 Å². The number of rotatable bonds is 7. The first-order valence-electron chi connectivity index (χ1n) is 10.9. The van der Waals surface area contributed by atoms with Crippen LogP contribution in [0.4, 0.5) is 16.5 Å². The summed E-state index contributed by atoms with van der Waals surface area (Å²) in [5.41, 5.74) is 3.07. The van der Waals surface area contributed by atoms with Crippen molar-refractivity contribution in [1.82, 2.24) is 10.2 Å². The van der Waals surface area contributed by atoms with E-state index in [1.54, 1.807) is 36.1 Å². The highest BCUT2D eigenvalue weighted by atomic mass is 32.1. The first-order chi connectivity index (χ1) is 16.0. The lowest BCUT2D eigenvalue weighted by Gasteiger charge is -2.16. The third kappa shape index (κ3) is 5.25. The van der Waals surface area contributed by atoms with Crippen LogP contribution in [-0.4, -0.2) is 34.5 Å². The third-order valence-electron chi connectivity index (χ3n) is 5.52. The number of hydrogen-bond acceptors (Lipinski definition) is 6. The van der Waals surface area contributed by atoms with Gasteiger partial charge in [0.2, 0.25) is 16.9 Å². The smallest absolute Gasteiger partial charge is 0.257 e. The van der Waals surface area contributed by atoms with Gasteiger partial charge in [-0.15, -0.1) is 10.2 Å². The number of amides is 3. The summed E-state index contributed by atoms with van der Waals surface area (Å²) in [6.07, 6.45) is 1.67. The molecular weight excluding hydrogens is 438 g/mol. The predicted octanol–water partition coefficient (Wildman–Crippen LogP) is 4.22. The molecule has 1 atom stereocenters. The molecule has 1 aliphatic rings. The van der Waals surface area contributed by atoms with Crippen molar-refractivity contribution in [2.24, 2.45) is 0 Å². The second kappa shape index (κ2) is 9.91. The van der Waals surface area contributed by atoms with E-state index in [9.17, 15) is 14.4 Å². The Labute approximate surface area is 196 Å². The number of carbonyl (C=O) groups excluding carboxylic acids is 3. The van der Waals surface area contributed by atoms with E-state index in [0.29, 0.717) is 35.8 Å². The van der Waals surface area contributed by atoms with Gasteiger partial charge >= 0.3 is 0 Å². The summed E-state index contributed by atoms with van der Waals surface area (Å²) in [4.78, 5) is 38.6. The maximum absolute atomic E-state index is 12.6. The van der Waals surface area contributed by atoms with Crippen LogP contribution in [-0.2, 0) is 16.0 Å². The molecule has 0 aliphatic carbocycles. The molecule has 0 unspecified atom stereocenters. The molecule has 0 bridgehead atoms. The number of nitrogens with one attached hydrogen (secondary N) is 2. The average molecular weight is 464 g/mol. The normalized spacial score (nSPS) is 15.5. The monoisotopic (exact) mass is 463 g/mol. The number of aryl methyl sites for hydroxylation is 1. The lowest BCUT2D eigenvalue weighted by molar-refractivity contribution is -0.117. The van der Waals surface area contributed by atoms with Gasteiger partial charge in [-0.1, -0.05) is 43.4 Å². The summed E-state index contributed by atoms with van der Waals surface area (Å²) in [5.74, 6) is -0.483. The fraction of sp³-hybridized carbons (Fsp3) is 0.292. The van der Waals surface area contributed by atoms with Crippen molar-refractivity contribution in [2.45, 2.75) is 39.0 Å². The van der Waals surface area contributed by atoms with Gasteiger partial charge in [0.25, 0.3) is 5.91 Å². The topological polar surface area (TPSA) is 104 Å². The zero-order chi connectivity index (χ0) is 23.4. The number of nitrogens with zero attached hydrogens (tertiary/aromatic N) is 3. The van der Waals surface area contributed by atoms with Crippen LogP contribution in [0.25, 0.3) is 0 Å². The van der Waals surface area contributed by atoms with Gasteiger partial charge in [0, 0.05) is 42.2 Å². The summed E-state index contributed by atoms with van der Waals surface area (Å²) in [7, 11) is 0. The minimum Gasteiger partial charge on any atom is -0.326 e. The third-order valence-corrected chi connectivity index (χ3v) is 6.52. The Hall–Kier alpha value is -3.59. The number of hydrogen-bond donors (Lipinski definition) is 2. The fourth-order valence-electron chi connectivity index (χ4n) is 3.64. The van der Waals surface area contributed by atoms with E-state index in [2.05, 4.69) is 27.8 Å². The fourth-order valence-corrected chi connectivity index (χ4v) is 4.47. The summed E-state index contributed by atoms with van der Waals surface area (Å²) in [6, 6.07) is 14.7. The molecule has 170 valence electrons. The molecule has 9 heteroatoms. The first kappa shape index (κ1) is 22.6. The van der Waals surface area contributed by atoms with Crippen LogP contribution < -0.4 is 15.5 Å². The van der Waals surface area contributed by atoms with Crippen molar-refractivity contribution in [3.63, 3.8) is 0 Å². The molecule has 2 heterocycles. The Kier molecular flexibility index (Phi) is 6.79. The molecule has 1 fully saturated rings. The van der Waals surface area contributed by atoms with Crippen LogP contribution in [0.2, 0.25) is 0 Å². The predicted molar refractivity (Wildman–Crippen MR) is 129 cm³/mol. The SMILES string of the molecule is CCC(=O)Nc1cccc(C(=O)Nc2nnc([C@H]3CC(=O)N(c4ccc(CC)cc4)C3)s2)c1. The highest BCUT2D eigenvalue weighted by Gasteiger charge is 2.34. The average Bonchev–Trinajstić information content (AvgIpc) is 3.45. The number of aromatic nitrogens is 2. The number of carbonyl (C=O) groups is 3. The van der Waals surface area contributed by atoms with Gasteiger partial charge < -0.3 is 10.2 Å². The Bertz CT molecular complexity index is 1170. The Morgan fingerprint density at radius 1 is 1.09 bits per heavy atom. The molecule has 8 nitrogen and oxygen atoms in total. The molecule has 0 radical (unpaired) electrons. The van der Waals surface area contributed by atoms with Gasteiger partial charge in [-0.2, -0.15) is 0 Å².